The van der Waals surface area contributed by atoms with Gasteiger partial charge in [-0.15, -0.1) is 6.58 Å². The van der Waals surface area contributed by atoms with E-state index in [4.69, 9.17) is 0 Å². The van der Waals surface area contributed by atoms with Crippen molar-refractivity contribution in [1.82, 2.24) is 15.1 Å². The number of amides is 1. The van der Waals surface area contributed by atoms with Gasteiger partial charge in [0, 0.05) is 38.3 Å². The number of nitrogens with one attached hydrogen (secondary N) is 1. The molecular weight excluding hydrogens is 238 g/mol. The maximum atomic E-state index is 11.7. The van der Waals surface area contributed by atoms with Crippen molar-refractivity contribution in [1.29, 1.82) is 0 Å². The van der Waals surface area contributed by atoms with E-state index in [1.165, 1.54) is 19.3 Å². The predicted octanol–water partition coefficient (Wildman–Crippen LogP) is 1.24. The lowest BCUT2D eigenvalue weighted by Gasteiger charge is -2.37. The third kappa shape index (κ3) is 4.96. The van der Waals surface area contributed by atoms with E-state index >= 15 is 0 Å². The van der Waals surface area contributed by atoms with Crippen molar-refractivity contribution in [3.63, 3.8) is 0 Å². The summed E-state index contributed by atoms with van der Waals surface area (Å²) in [6.07, 6.45) is 6.60. The fourth-order valence-corrected chi connectivity index (χ4v) is 2.61. The van der Waals surface area contributed by atoms with Crippen molar-refractivity contribution in [3.8, 4) is 0 Å². The van der Waals surface area contributed by atoms with Gasteiger partial charge in [0.05, 0.1) is 6.54 Å². The number of carbonyl (C=O) groups is 1. The van der Waals surface area contributed by atoms with Crippen LogP contribution >= 0.6 is 0 Å². The van der Waals surface area contributed by atoms with E-state index in [1.54, 1.807) is 0 Å². The molecule has 2 fully saturated rings. The molecule has 1 N–H and O–H groups in total. The van der Waals surface area contributed by atoms with Crippen LogP contribution in [0.4, 0.5) is 0 Å². The molecule has 4 nitrogen and oxygen atoms in total. The molecular formula is C15H27N3O. The van der Waals surface area contributed by atoms with Gasteiger partial charge in [0.25, 0.3) is 0 Å². The molecule has 1 unspecified atom stereocenters. The maximum absolute atomic E-state index is 11.7. The molecule has 1 saturated carbocycles. The molecule has 0 spiro atoms. The zero-order chi connectivity index (χ0) is 13.7. The summed E-state index contributed by atoms with van der Waals surface area (Å²) in [5.41, 5.74) is 0. The highest BCUT2D eigenvalue weighted by atomic mass is 16.2. The van der Waals surface area contributed by atoms with E-state index in [1.807, 2.05) is 6.08 Å². The fourth-order valence-electron chi connectivity index (χ4n) is 2.61. The van der Waals surface area contributed by atoms with Gasteiger partial charge in [0.1, 0.15) is 0 Å². The lowest BCUT2D eigenvalue weighted by atomic mass is 10.1. The van der Waals surface area contributed by atoms with Gasteiger partial charge in [-0.1, -0.05) is 6.08 Å². The Balaban J connectivity index is 1.63. The Labute approximate surface area is 116 Å². The first-order chi connectivity index (χ1) is 9.19. The average Bonchev–Trinajstić information content (AvgIpc) is 3.20. The van der Waals surface area contributed by atoms with Crippen molar-refractivity contribution >= 4 is 5.91 Å². The van der Waals surface area contributed by atoms with Crippen molar-refractivity contribution in [3.05, 3.63) is 12.7 Å². The van der Waals surface area contributed by atoms with E-state index in [2.05, 4.69) is 28.6 Å². The van der Waals surface area contributed by atoms with E-state index in [0.717, 1.165) is 32.6 Å². The van der Waals surface area contributed by atoms with E-state index in [-0.39, 0.29) is 5.91 Å². The molecule has 0 bridgehead atoms. The van der Waals surface area contributed by atoms with Gasteiger partial charge in [-0.2, -0.15) is 0 Å². The number of rotatable bonds is 7. The van der Waals surface area contributed by atoms with Crippen LogP contribution in [0.15, 0.2) is 12.7 Å². The summed E-state index contributed by atoms with van der Waals surface area (Å²) in [5.74, 6) is 0.204. The standard InChI is InChI=1S/C15H27N3O/c1-3-4-5-13(2)18-10-8-17(9-11-18)12-15(19)16-14-6-7-14/h3,13-14H,1,4-12H2,2H3,(H,16,19). The maximum Gasteiger partial charge on any atom is 0.234 e. The summed E-state index contributed by atoms with van der Waals surface area (Å²) >= 11 is 0. The zero-order valence-electron chi connectivity index (χ0n) is 12.1. The van der Waals surface area contributed by atoms with Crippen LogP contribution in [0.2, 0.25) is 0 Å². The van der Waals surface area contributed by atoms with Crippen LogP contribution in [0.25, 0.3) is 0 Å². The Morgan fingerprint density at radius 3 is 2.63 bits per heavy atom. The second-order valence-corrected chi connectivity index (χ2v) is 5.87. The topological polar surface area (TPSA) is 35.6 Å². The highest BCUT2D eigenvalue weighted by Crippen LogP contribution is 2.18. The van der Waals surface area contributed by atoms with Gasteiger partial charge in [-0.05, 0) is 32.6 Å². The molecule has 1 amide bonds. The molecule has 0 aromatic rings. The monoisotopic (exact) mass is 265 g/mol. The highest BCUT2D eigenvalue weighted by Gasteiger charge is 2.26. The number of nitrogens with zero attached hydrogens (tertiary/aromatic N) is 2. The minimum Gasteiger partial charge on any atom is -0.352 e. The van der Waals surface area contributed by atoms with Crippen LogP contribution in [0.1, 0.15) is 32.6 Å². The Bertz CT molecular complexity index is 307. The Kier molecular flexibility index (Phi) is 5.40. The molecule has 1 saturated heterocycles. The molecule has 108 valence electrons. The predicted molar refractivity (Wildman–Crippen MR) is 78.1 cm³/mol. The van der Waals surface area contributed by atoms with Gasteiger partial charge in [-0.3, -0.25) is 14.6 Å². The van der Waals surface area contributed by atoms with Crippen molar-refractivity contribution in [2.24, 2.45) is 0 Å². The number of carbonyl (C=O) groups excluding carboxylic acids is 1. The smallest absolute Gasteiger partial charge is 0.234 e. The highest BCUT2D eigenvalue weighted by molar-refractivity contribution is 5.78. The minimum absolute atomic E-state index is 0.204. The summed E-state index contributed by atoms with van der Waals surface area (Å²) in [6.45, 7) is 10.8. The lowest BCUT2D eigenvalue weighted by Crippen LogP contribution is -2.51. The quantitative estimate of drug-likeness (QED) is 0.704. The molecule has 2 aliphatic rings. The Hall–Kier alpha value is -0.870. The third-order valence-electron chi connectivity index (χ3n) is 4.13. The van der Waals surface area contributed by atoms with Crippen LogP contribution in [-0.4, -0.2) is 60.5 Å². The molecule has 2 rings (SSSR count). The normalized spacial score (nSPS) is 23.0. The summed E-state index contributed by atoms with van der Waals surface area (Å²) in [7, 11) is 0. The molecule has 0 aromatic carbocycles. The first-order valence-electron chi connectivity index (χ1n) is 7.55. The van der Waals surface area contributed by atoms with Gasteiger partial charge in [0.2, 0.25) is 5.91 Å². The largest absolute Gasteiger partial charge is 0.352 e. The van der Waals surface area contributed by atoms with Crippen LogP contribution < -0.4 is 5.32 Å². The minimum atomic E-state index is 0.204. The second-order valence-electron chi connectivity index (χ2n) is 5.87. The first kappa shape index (κ1) is 14.5. The van der Waals surface area contributed by atoms with Gasteiger partial charge >= 0.3 is 0 Å². The van der Waals surface area contributed by atoms with E-state index in [0.29, 0.717) is 18.6 Å². The molecule has 0 radical (unpaired) electrons. The van der Waals surface area contributed by atoms with Crippen molar-refractivity contribution in [2.45, 2.75) is 44.7 Å². The van der Waals surface area contributed by atoms with E-state index in [9.17, 15) is 4.79 Å². The third-order valence-corrected chi connectivity index (χ3v) is 4.13. The van der Waals surface area contributed by atoms with Gasteiger partial charge < -0.3 is 5.32 Å². The first-order valence-corrected chi connectivity index (χ1v) is 7.55. The van der Waals surface area contributed by atoms with E-state index < -0.39 is 0 Å². The SMILES string of the molecule is C=CCCC(C)N1CCN(CC(=O)NC2CC2)CC1. The fraction of sp³-hybridized carbons (Fsp3) is 0.800. The lowest BCUT2D eigenvalue weighted by molar-refractivity contribution is -0.122. The van der Waals surface area contributed by atoms with Crippen LogP contribution in [0, 0.1) is 0 Å². The van der Waals surface area contributed by atoms with Gasteiger partial charge in [-0.25, -0.2) is 0 Å². The number of hydrogen-bond donors (Lipinski definition) is 1. The summed E-state index contributed by atoms with van der Waals surface area (Å²) in [5, 5.41) is 3.06. The number of allylic oxidation sites excluding steroid dienone is 1. The second kappa shape index (κ2) is 7.06. The van der Waals surface area contributed by atoms with Crippen LogP contribution in [0.3, 0.4) is 0 Å². The van der Waals surface area contributed by atoms with Gasteiger partial charge in [0.15, 0.2) is 0 Å². The van der Waals surface area contributed by atoms with Crippen LogP contribution in [0.5, 0.6) is 0 Å². The molecule has 1 aliphatic carbocycles. The number of hydrogen-bond acceptors (Lipinski definition) is 3. The molecule has 4 heteroatoms. The molecule has 0 aromatic heterocycles. The molecule has 19 heavy (non-hydrogen) atoms. The Morgan fingerprint density at radius 2 is 2.05 bits per heavy atom. The molecule has 1 heterocycles. The summed E-state index contributed by atoms with van der Waals surface area (Å²) < 4.78 is 0. The zero-order valence-corrected chi connectivity index (χ0v) is 12.1. The average molecular weight is 265 g/mol. The van der Waals surface area contributed by atoms with Crippen molar-refractivity contribution in [2.75, 3.05) is 32.7 Å². The molecule has 1 aliphatic heterocycles. The number of piperazine rings is 1. The van der Waals surface area contributed by atoms with Crippen molar-refractivity contribution < 1.29 is 4.79 Å². The summed E-state index contributed by atoms with van der Waals surface area (Å²) in [6, 6.07) is 1.10. The van der Waals surface area contributed by atoms with Crippen LogP contribution in [-0.2, 0) is 4.79 Å². The molecule has 1 atom stereocenters. The summed E-state index contributed by atoms with van der Waals surface area (Å²) in [4.78, 5) is 16.5. The Morgan fingerprint density at radius 1 is 1.37 bits per heavy atom.